The van der Waals surface area contributed by atoms with Crippen LogP contribution in [0, 0.1) is 0 Å². The summed E-state index contributed by atoms with van der Waals surface area (Å²) in [6.45, 7) is 0.0286. The van der Waals surface area contributed by atoms with E-state index in [2.05, 4.69) is 20.0 Å². The predicted octanol–water partition coefficient (Wildman–Crippen LogP) is 2.59. The quantitative estimate of drug-likeness (QED) is 0.472. The molecule has 2 N–H and O–H groups in total. The van der Waals surface area contributed by atoms with E-state index in [1.807, 2.05) is 0 Å². The van der Waals surface area contributed by atoms with Crippen LogP contribution in [0.4, 0.5) is 5.69 Å². The second-order valence-electron chi connectivity index (χ2n) is 6.26. The Hall–Kier alpha value is -3.76. The van der Waals surface area contributed by atoms with E-state index in [4.69, 9.17) is 4.42 Å². The summed E-state index contributed by atoms with van der Waals surface area (Å²) in [5.41, 5.74) is 0.683. The van der Waals surface area contributed by atoms with Gasteiger partial charge < -0.3 is 9.73 Å². The Labute approximate surface area is 172 Å². The maximum absolute atomic E-state index is 12.5. The molecular formula is C20H17N5O4S. The minimum Gasteiger partial charge on any atom is -0.468 e. The fraction of sp³-hybridized carbons (Fsp3) is 0.0500. The Balaban J connectivity index is 1.45. The van der Waals surface area contributed by atoms with Crippen LogP contribution in [0.3, 0.4) is 0 Å². The number of carbonyl (C=O) groups excluding carboxylic acids is 1. The molecule has 4 rings (SSSR count). The van der Waals surface area contributed by atoms with Gasteiger partial charge in [0.25, 0.3) is 5.91 Å². The highest BCUT2D eigenvalue weighted by Gasteiger charge is 2.16. The summed E-state index contributed by atoms with van der Waals surface area (Å²) >= 11 is 0. The fourth-order valence-corrected chi connectivity index (χ4v) is 3.71. The number of pyridine rings is 1. The lowest BCUT2D eigenvalue weighted by atomic mass is 10.2. The van der Waals surface area contributed by atoms with Gasteiger partial charge in [-0.25, -0.2) is 23.1 Å². The number of aromatic nitrogens is 3. The summed E-state index contributed by atoms with van der Waals surface area (Å²) < 4.78 is 34.3. The lowest BCUT2D eigenvalue weighted by Crippen LogP contribution is -2.23. The minimum absolute atomic E-state index is 0.0282. The number of nitrogens with one attached hydrogen (secondary N) is 2. The van der Waals surface area contributed by atoms with Crippen LogP contribution in [-0.4, -0.2) is 28.9 Å². The van der Waals surface area contributed by atoms with Crippen molar-refractivity contribution in [2.75, 3.05) is 5.32 Å². The number of benzene rings is 1. The van der Waals surface area contributed by atoms with Crippen molar-refractivity contribution < 1.29 is 17.6 Å². The van der Waals surface area contributed by atoms with Crippen molar-refractivity contribution in [3.05, 3.63) is 91.0 Å². The van der Waals surface area contributed by atoms with Crippen molar-refractivity contribution in [1.29, 1.82) is 0 Å². The summed E-state index contributed by atoms with van der Waals surface area (Å²) in [4.78, 5) is 20.7. The number of anilines is 1. The Morgan fingerprint density at radius 1 is 1.13 bits per heavy atom. The van der Waals surface area contributed by atoms with Crippen LogP contribution >= 0.6 is 0 Å². The predicted molar refractivity (Wildman–Crippen MR) is 108 cm³/mol. The molecule has 0 aliphatic rings. The average Bonchev–Trinajstić information content (AvgIpc) is 3.47. The SMILES string of the molecule is O=C(Nc1cccc(S(=O)(=O)NCc2ccco2)c1)c1ccc(-n2ccnc2)nc1. The molecule has 9 nitrogen and oxygen atoms in total. The molecule has 0 radical (unpaired) electrons. The summed E-state index contributed by atoms with van der Waals surface area (Å²) in [5, 5.41) is 2.69. The number of furan rings is 1. The summed E-state index contributed by atoms with van der Waals surface area (Å²) in [6, 6.07) is 12.7. The zero-order valence-electron chi connectivity index (χ0n) is 15.6. The van der Waals surface area contributed by atoms with Gasteiger partial charge in [-0.15, -0.1) is 0 Å². The Morgan fingerprint density at radius 2 is 2.03 bits per heavy atom. The summed E-state index contributed by atoms with van der Waals surface area (Å²) in [5.74, 6) is 0.715. The molecule has 3 heterocycles. The second kappa shape index (κ2) is 8.31. The first kappa shape index (κ1) is 19.6. The lowest BCUT2D eigenvalue weighted by Gasteiger charge is -2.09. The van der Waals surface area contributed by atoms with Crippen LogP contribution in [-0.2, 0) is 16.6 Å². The molecule has 0 saturated carbocycles. The van der Waals surface area contributed by atoms with Gasteiger partial charge in [0.15, 0.2) is 0 Å². The molecule has 4 aromatic rings. The molecule has 0 aliphatic heterocycles. The largest absolute Gasteiger partial charge is 0.468 e. The number of rotatable bonds is 7. The number of hydrogen-bond acceptors (Lipinski definition) is 6. The average molecular weight is 423 g/mol. The van der Waals surface area contributed by atoms with Gasteiger partial charge in [-0.1, -0.05) is 6.07 Å². The topological polar surface area (TPSA) is 119 Å². The Bertz CT molecular complexity index is 1230. The third kappa shape index (κ3) is 4.45. The van der Waals surface area contributed by atoms with Crippen molar-refractivity contribution >= 4 is 21.6 Å². The maximum Gasteiger partial charge on any atom is 0.257 e. The van der Waals surface area contributed by atoms with E-state index in [1.54, 1.807) is 59.7 Å². The van der Waals surface area contributed by atoms with Gasteiger partial charge in [0.2, 0.25) is 10.0 Å². The number of hydrogen-bond donors (Lipinski definition) is 2. The molecular weight excluding hydrogens is 406 g/mol. The normalized spacial score (nSPS) is 11.3. The van der Waals surface area contributed by atoms with Crippen LogP contribution in [0.5, 0.6) is 0 Å². The van der Waals surface area contributed by atoms with Crippen LogP contribution in [0.15, 0.2) is 89.0 Å². The van der Waals surface area contributed by atoms with Crippen molar-refractivity contribution in [2.24, 2.45) is 0 Å². The highest BCUT2D eigenvalue weighted by Crippen LogP contribution is 2.17. The molecule has 30 heavy (non-hydrogen) atoms. The zero-order chi connectivity index (χ0) is 21.0. The molecule has 3 aromatic heterocycles. The van der Waals surface area contributed by atoms with Crippen LogP contribution < -0.4 is 10.0 Å². The molecule has 0 fully saturated rings. The van der Waals surface area contributed by atoms with E-state index < -0.39 is 15.9 Å². The lowest BCUT2D eigenvalue weighted by molar-refractivity contribution is 0.102. The zero-order valence-corrected chi connectivity index (χ0v) is 16.4. The molecule has 0 spiro atoms. The molecule has 0 saturated heterocycles. The van der Waals surface area contributed by atoms with Gasteiger partial charge >= 0.3 is 0 Å². The number of imidazole rings is 1. The number of sulfonamides is 1. The standard InChI is InChI=1S/C20H17N5O4S/c26-20(15-6-7-19(22-12-15)25-9-8-21-14-25)24-16-3-1-5-18(11-16)30(27,28)23-13-17-4-2-10-29-17/h1-12,14,23H,13H2,(H,24,26). The fourth-order valence-electron chi connectivity index (χ4n) is 2.67. The Kier molecular flexibility index (Phi) is 5.42. The van der Waals surface area contributed by atoms with E-state index in [-0.39, 0.29) is 11.4 Å². The third-order valence-corrected chi connectivity index (χ3v) is 5.60. The number of amides is 1. The highest BCUT2D eigenvalue weighted by atomic mass is 32.2. The smallest absolute Gasteiger partial charge is 0.257 e. The van der Waals surface area contributed by atoms with Crippen molar-refractivity contribution in [3.63, 3.8) is 0 Å². The van der Waals surface area contributed by atoms with E-state index in [9.17, 15) is 13.2 Å². The van der Waals surface area contributed by atoms with Gasteiger partial charge in [0, 0.05) is 24.3 Å². The first-order valence-electron chi connectivity index (χ1n) is 8.89. The van der Waals surface area contributed by atoms with E-state index in [0.717, 1.165) is 0 Å². The van der Waals surface area contributed by atoms with Gasteiger partial charge in [-0.05, 0) is 42.5 Å². The van der Waals surface area contributed by atoms with Crippen molar-refractivity contribution in [2.45, 2.75) is 11.4 Å². The minimum atomic E-state index is -3.77. The van der Waals surface area contributed by atoms with Gasteiger partial charge in [0.1, 0.15) is 17.9 Å². The molecule has 152 valence electrons. The summed E-state index contributed by atoms with van der Waals surface area (Å²) in [6.07, 6.45) is 7.89. The first-order valence-corrected chi connectivity index (χ1v) is 10.4. The Morgan fingerprint density at radius 3 is 2.73 bits per heavy atom. The van der Waals surface area contributed by atoms with Gasteiger partial charge in [-0.3, -0.25) is 9.36 Å². The summed E-state index contributed by atoms with van der Waals surface area (Å²) in [7, 11) is -3.77. The third-order valence-electron chi connectivity index (χ3n) is 4.20. The van der Waals surface area contributed by atoms with Crippen LogP contribution in [0.25, 0.3) is 5.82 Å². The van der Waals surface area contributed by atoms with Gasteiger partial charge in [-0.2, -0.15) is 0 Å². The van der Waals surface area contributed by atoms with E-state index in [0.29, 0.717) is 22.8 Å². The number of nitrogens with zero attached hydrogens (tertiary/aromatic N) is 3. The monoisotopic (exact) mass is 423 g/mol. The maximum atomic E-state index is 12.5. The molecule has 1 aromatic carbocycles. The molecule has 0 aliphatic carbocycles. The highest BCUT2D eigenvalue weighted by molar-refractivity contribution is 7.89. The molecule has 0 unspecified atom stereocenters. The van der Waals surface area contributed by atoms with E-state index >= 15 is 0 Å². The molecule has 1 amide bonds. The molecule has 10 heteroatoms. The molecule has 0 bridgehead atoms. The van der Waals surface area contributed by atoms with Crippen molar-refractivity contribution in [1.82, 2.24) is 19.3 Å². The van der Waals surface area contributed by atoms with Crippen molar-refractivity contribution in [3.8, 4) is 5.82 Å². The first-order chi connectivity index (χ1) is 14.5. The second-order valence-corrected chi connectivity index (χ2v) is 8.03. The van der Waals surface area contributed by atoms with Crippen LogP contribution in [0.2, 0.25) is 0 Å². The molecule has 0 atom stereocenters. The van der Waals surface area contributed by atoms with Gasteiger partial charge in [0.05, 0.1) is 23.3 Å². The van der Waals surface area contributed by atoms with Crippen LogP contribution in [0.1, 0.15) is 16.1 Å². The van der Waals surface area contributed by atoms with E-state index in [1.165, 1.54) is 24.6 Å². The number of carbonyl (C=O) groups is 1.